The third kappa shape index (κ3) is 5.35. The van der Waals surface area contributed by atoms with Gasteiger partial charge in [-0.05, 0) is 31.7 Å². The molecule has 0 amide bonds. The minimum atomic E-state index is 0.746. The highest BCUT2D eigenvalue weighted by atomic mass is 15.1. The van der Waals surface area contributed by atoms with Gasteiger partial charge in [0, 0.05) is 18.8 Å². The molecule has 108 valence electrons. The van der Waals surface area contributed by atoms with Crippen LogP contribution >= 0.6 is 0 Å². The molecule has 1 saturated carbocycles. The average Bonchev–Trinajstić information content (AvgIpc) is 3.12. The summed E-state index contributed by atoms with van der Waals surface area (Å²) in [6, 6.07) is 0.746. The molecule has 0 saturated heterocycles. The second-order valence-corrected chi connectivity index (χ2v) is 6.30. The summed E-state index contributed by atoms with van der Waals surface area (Å²) in [6.07, 6.45) is 13.5. The van der Waals surface area contributed by atoms with Crippen LogP contribution in [0.15, 0.2) is 12.5 Å². The van der Waals surface area contributed by atoms with Crippen molar-refractivity contribution in [3.63, 3.8) is 0 Å². The zero-order valence-corrected chi connectivity index (χ0v) is 12.6. The van der Waals surface area contributed by atoms with E-state index in [1.54, 1.807) is 0 Å². The van der Waals surface area contributed by atoms with E-state index in [1.165, 1.54) is 50.6 Å². The van der Waals surface area contributed by atoms with Crippen molar-refractivity contribution >= 4 is 0 Å². The lowest BCUT2D eigenvalue weighted by Gasteiger charge is -2.08. The molecule has 19 heavy (non-hydrogen) atoms. The minimum absolute atomic E-state index is 0.746. The summed E-state index contributed by atoms with van der Waals surface area (Å²) in [6.45, 7) is 6.73. The van der Waals surface area contributed by atoms with Gasteiger partial charge >= 0.3 is 0 Å². The van der Waals surface area contributed by atoms with Crippen molar-refractivity contribution in [3.05, 3.63) is 18.2 Å². The van der Waals surface area contributed by atoms with Crippen molar-refractivity contribution in [1.82, 2.24) is 14.9 Å². The van der Waals surface area contributed by atoms with Crippen LogP contribution in [0, 0.1) is 5.92 Å². The van der Waals surface area contributed by atoms with E-state index >= 15 is 0 Å². The van der Waals surface area contributed by atoms with Crippen molar-refractivity contribution in [2.45, 2.75) is 71.4 Å². The first-order chi connectivity index (χ1) is 9.27. The lowest BCUT2D eigenvalue weighted by molar-refractivity contribution is 0.510. The van der Waals surface area contributed by atoms with Gasteiger partial charge in [0.05, 0.1) is 12.0 Å². The molecule has 1 aliphatic rings. The van der Waals surface area contributed by atoms with Crippen LogP contribution in [-0.4, -0.2) is 16.1 Å². The molecule has 0 aromatic carbocycles. The Morgan fingerprint density at radius 1 is 1.26 bits per heavy atom. The Bertz CT molecular complexity index is 353. The molecule has 1 heterocycles. The summed E-state index contributed by atoms with van der Waals surface area (Å²) in [5.41, 5.74) is 1.35. The van der Waals surface area contributed by atoms with Crippen LogP contribution in [0.4, 0.5) is 0 Å². The number of aromatic nitrogens is 2. The zero-order valence-electron chi connectivity index (χ0n) is 12.6. The Kier molecular flexibility index (Phi) is 5.90. The van der Waals surface area contributed by atoms with Gasteiger partial charge in [0.2, 0.25) is 0 Å². The van der Waals surface area contributed by atoms with Gasteiger partial charge in [-0.3, -0.25) is 0 Å². The van der Waals surface area contributed by atoms with Crippen LogP contribution < -0.4 is 5.32 Å². The van der Waals surface area contributed by atoms with Crippen LogP contribution in [0.25, 0.3) is 0 Å². The number of imidazole rings is 1. The fraction of sp³-hybridized carbons (Fsp3) is 0.812. The highest BCUT2D eigenvalue weighted by Gasteiger charge is 2.24. The Morgan fingerprint density at radius 2 is 2.05 bits per heavy atom. The number of nitrogens with zero attached hydrogens (tertiary/aromatic N) is 2. The van der Waals surface area contributed by atoms with E-state index in [2.05, 4.69) is 28.7 Å². The predicted octanol–water partition coefficient (Wildman–Crippen LogP) is 3.91. The molecule has 2 rings (SSSR count). The van der Waals surface area contributed by atoms with E-state index in [-0.39, 0.29) is 0 Å². The Morgan fingerprint density at radius 3 is 2.79 bits per heavy atom. The topological polar surface area (TPSA) is 29.9 Å². The van der Waals surface area contributed by atoms with Crippen molar-refractivity contribution < 1.29 is 0 Å². The van der Waals surface area contributed by atoms with Crippen LogP contribution in [0.2, 0.25) is 0 Å². The van der Waals surface area contributed by atoms with Crippen molar-refractivity contribution in [3.8, 4) is 0 Å². The van der Waals surface area contributed by atoms with Gasteiger partial charge in [0.1, 0.15) is 0 Å². The van der Waals surface area contributed by atoms with E-state index in [4.69, 9.17) is 0 Å². The summed E-state index contributed by atoms with van der Waals surface area (Å²) in [5.74, 6) is 0.862. The monoisotopic (exact) mass is 263 g/mol. The molecule has 0 bridgehead atoms. The molecule has 1 aliphatic carbocycles. The van der Waals surface area contributed by atoms with Crippen molar-refractivity contribution in [2.24, 2.45) is 5.92 Å². The quantitative estimate of drug-likeness (QED) is 0.649. The highest BCUT2D eigenvalue weighted by Crippen LogP contribution is 2.35. The van der Waals surface area contributed by atoms with Gasteiger partial charge in [-0.2, -0.15) is 0 Å². The Balaban J connectivity index is 1.49. The maximum atomic E-state index is 4.26. The summed E-state index contributed by atoms with van der Waals surface area (Å²) in [7, 11) is 0. The van der Waals surface area contributed by atoms with Gasteiger partial charge in [-0.25, -0.2) is 4.98 Å². The summed E-state index contributed by atoms with van der Waals surface area (Å²) in [4.78, 5) is 4.26. The zero-order chi connectivity index (χ0) is 13.5. The molecule has 0 spiro atoms. The van der Waals surface area contributed by atoms with Crippen LogP contribution in [0.3, 0.4) is 0 Å². The molecule has 1 fully saturated rings. The number of hydrogen-bond donors (Lipinski definition) is 1. The smallest absolute Gasteiger partial charge is 0.0951 e. The first kappa shape index (κ1) is 14.6. The first-order valence-electron chi connectivity index (χ1n) is 7.99. The largest absolute Gasteiger partial charge is 0.330 e. The number of hydrogen-bond acceptors (Lipinski definition) is 2. The number of rotatable bonds is 10. The Hall–Kier alpha value is -0.830. The molecule has 0 atom stereocenters. The van der Waals surface area contributed by atoms with E-state index in [0.29, 0.717) is 0 Å². The lowest BCUT2D eigenvalue weighted by Crippen LogP contribution is -2.17. The fourth-order valence-corrected chi connectivity index (χ4v) is 2.52. The van der Waals surface area contributed by atoms with E-state index in [9.17, 15) is 0 Å². The molecule has 1 aromatic heterocycles. The average molecular weight is 263 g/mol. The molecule has 1 N–H and O–H groups in total. The fourth-order valence-electron chi connectivity index (χ4n) is 2.52. The normalized spacial score (nSPS) is 15.3. The minimum Gasteiger partial charge on any atom is -0.330 e. The summed E-state index contributed by atoms with van der Waals surface area (Å²) >= 11 is 0. The molecule has 0 unspecified atom stereocenters. The molecular formula is C16H29N3. The summed E-state index contributed by atoms with van der Waals surface area (Å²) in [5, 5.41) is 3.55. The van der Waals surface area contributed by atoms with Crippen molar-refractivity contribution in [1.29, 1.82) is 0 Å². The Labute approximate surface area is 117 Å². The molecule has 0 aliphatic heterocycles. The molecule has 3 heteroatoms. The SMILES string of the molecule is CC(C)CCCCCCNCc1cncn1C1CC1. The van der Waals surface area contributed by atoms with E-state index in [1.807, 2.05) is 12.5 Å². The second kappa shape index (κ2) is 7.68. The van der Waals surface area contributed by atoms with Gasteiger partial charge in [0.25, 0.3) is 0 Å². The van der Waals surface area contributed by atoms with Gasteiger partial charge in [-0.15, -0.1) is 0 Å². The second-order valence-electron chi connectivity index (χ2n) is 6.30. The van der Waals surface area contributed by atoms with Crippen LogP contribution in [-0.2, 0) is 6.54 Å². The van der Waals surface area contributed by atoms with E-state index in [0.717, 1.165) is 25.0 Å². The van der Waals surface area contributed by atoms with Gasteiger partial charge < -0.3 is 9.88 Å². The maximum absolute atomic E-state index is 4.26. The first-order valence-corrected chi connectivity index (χ1v) is 7.99. The lowest BCUT2D eigenvalue weighted by atomic mass is 10.0. The van der Waals surface area contributed by atoms with Crippen LogP contribution in [0.1, 0.15) is 70.5 Å². The third-order valence-electron chi connectivity index (χ3n) is 3.88. The number of nitrogens with one attached hydrogen (secondary N) is 1. The standard InChI is InChI=1S/C16H29N3/c1-14(2)7-5-3-4-6-10-17-11-16-12-18-13-19(16)15-8-9-15/h12-15,17H,3-11H2,1-2H3. The maximum Gasteiger partial charge on any atom is 0.0951 e. The third-order valence-corrected chi connectivity index (χ3v) is 3.88. The highest BCUT2D eigenvalue weighted by molar-refractivity contribution is 5.03. The van der Waals surface area contributed by atoms with Gasteiger partial charge in [0.15, 0.2) is 0 Å². The van der Waals surface area contributed by atoms with Crippen molar-refractivity contribution in [2.75, 3.05) is 6.54 Å². The molecule has 0 radical (unpaired) electrons. The van der Waals surface area contributed by atoms with Crippen LogP contribution in [0.5, 0.6) is 0 Å². The molecule has 3 nitrogen and oxygen atoms in total. The predicted molar refractivity (Wildman–Crippen MR) is 80.1 cm³/mol. The molecular weight excluding hydrogens is 234 g/mol. The molecule has 1 aromatic rings. The van der Waals surface area contributed by atoms with E-state index < -0.39 is 0 Å². The summed E-state index contributed by atoms with van der Waals surface area (Å²) < 4.78 is 2.34. The number of unbranched alkanes of at least 4 members (excludes halogenated alkanes) is 3. The van der Waals surface area contributed by atoms with Gasteiger partial charge in [-0.1, -0.05) is 39.5 Å².